The van der Waals surface area contributed by atoms with Gasteiger partial charge in [-0.2, -0.15) is 5.10 Å². The molecule has 1 unspecified atom stereocenters. The van der Waals surface area contributed by atoms with Crippen LogP contribution in [0.25, 0.3) is 11.1 Å². The van der Waals surface area contributed by atoms with Crippen LogP contribution in [0, 0.1) is 0 Å². The normalized spacial score (nSPS) is 17.1. The van der Waals surface area contributed by atoms with Crippen molar-refractivity contribution in [1.29, 1.82) is 0 Å². The van der Waals surface area contributed by atoms with E-state index in [0.717, 1.165) is 29.6 Å². The zero-order valence-corrected chi connectivity index (χ0v) is 16.7. The standard InChI is InChI=1S/C20H24N6O3/c1-11(2)17-15-7-14(8-21-19(15)29-25-17)20(28)26-6-4-5-13(10-26)18-16(9-22-24-18)23-12(3)27/h7-9,11,13H,4-6,10H2,1-3H3,(H,22,24)(H,23,27). The number of nitrogens with zero attached hydrogens (tertiary/aromatic N) is 4. The Morgan fingerprint density at radius 1 is 1.34 bits per heavy atom. The van der Waals surface area contributed by atoms with E-state index in [1.165, 1.54) is 6.92 Å². The van der Waals surface area contributed by atoms with E-state index < -0.39 is 0 Å². The number of carbonyl (C=O) groups excluding carboxylic acids is 2. The molecule has 2 amide bonds. The summed E-state index contributed by atoms with van der Waals surface area (Å²) in [6.07, 6.45) is 4.94. The van der Waals surface area contributed by atoms with Crippen LogP contribution in [0.5, 0.6) is 0 Å². The van der Waals surface area contributed by atoms with E-state index >= 15 is 0 Å². The first-order valence-electron chi connectivity index (χ1n) is 9.79. The summed E-state index contributed by atoms with van der Waals surface area (Å²) in [5.74, 6) is 0.0388. The van der Waals surface area contributed by atoms with Crippen molar-refractivity contribution in [2.24, 2.45) is 0 Å². The fraction of sp³-hybridized carbons (Fsp3) is 0.450. The molecule has 3 aromatic heterocycles. The summed E-state index contributed by atoms with van der Waals surface area (Å²) in [6, 6.07) is 1.82. The molecule has 4 rings (SSSR count). The lowest BCUT2D eigenvalue weighted by atomic mass is 9.93. The number of rotatable bonds is 4. The number of aromatic nitrogens is 4. The zero-order valence-electron chi connectivity index (χ0n) is 16.7. The predicted octanol–water partition coefficient (Wildman–Crippen LogP) is 3.05. The molecule has 1 aliphatic heterocycles. The molecule has 1 saturated heterocycles. The van der Waals surface area contributed by atoms with Crippen LogP contribution >= 0.6 is 0 Å². The molecule has 1 fully saturated rings. The first-order valence-corrected chi connectivity index (χ1v) is 9.79. The van der Waals surface area contributed by atoms with Gasteiger partial charge in [0.05, 0.1) is 34.2 Å². The third-order valence-corrected chi connectivity index (χ3v) is 5.25. The lowest BCUT2D eigenvalue weighted by Gasteiger charge is -2.32. The summed E-state index contributed by atoms with van der Waals surface area (Å²) >= 11 is 0. The number of amides is 2. The molecule has 0 aromatic carbocycles. The van der Waals surface area contributed by atoms with Gasteiger partial charge in [-0.05, 0) is 24.8 Å². The minimum atomic E-state index is -0.148. The molecule has 0 bridgehead atoms. The van der Waals surface area contributed by atoms with Crippen LogP contribution < -0.4 is 5.32 Å². The highest BCUT2D eigenvalue weighted by Crippen LogP contribution is 2.31. The summed E-state index contributed by atoms with van der Waals surface area (Å²) in [4.78, 5) is 30.7. The van der Waals surface area contributed by atoms with E-state index in [-0.39, 0.29) is 23.7 Å². The fourth-order valence-corrected chi connectivity index (χ4v) is 3.86. The van der Waals surface area contributed by atoms with Crippen LogP contribution in [0.4, 0.5) is 5.69 Å². The van der Waals surface area contributed by atoms with E-state index in [4.69, 9.17) is 4.52 Å². The predicted molar refractivity (Wildman–Crippen MR) is 107 cm³/mol. The van der Waals surface area contributed by atoms with Crippen molar-refractivity contribution in [2.45, 2.75) is 45.4 Å². The highest BCUT2D eigenvalue weighted by atomic mass is 16.5. The van der Waals surface area contributed by atoms with Crippen molar-refractivity contribution in [3.63, 3.8) is 0 Å². The Labute approximate surface area is 167 Å². The quantitative estimate of drug-likeness (QED) is 0.700. The minimum Gasteiger partial charge on any atom is -0.338 e. The number of fused-ring (bicyclic) bond motifs is 1. The van der Waals surface area contributed by atoms with Crippen molar-refractivity contribution < 1.29 is 14.1 Å². The van der Waals surface area contributed by atoms with Gasteiger partial charge in [0.25, 0.3) is 11.6 Å². The van der Waals surface area contributed by atoms with Gasteiger partial charge < -0.3 is 14.7 Å². The maximum atomic E-state index is 13.2. The van der Waals surface area contributed by atoms with Crippen molar-refractivity contribution in [3.8, 4) is 0 Å². The molecule has 1 atom stereocenters. The average molecular weight is 396 g/mol. The van der Waals surface area contributed by atoms with E-state index in [0.29, 0.717) is 30.1 Å². The summed E-state index contributed by atoms with van der Waals surface area (Å²) < 4.78 is 5.27. The molecule has 2 N–H and O–H groups in total. The number of carbonyl (C=O) groups is 2. The lowest BCUT2D eigenvalue weighted by molar-refractivity contribution is -0.114. The smallest absolute Gasteiger partial charge is 0.257 e. The van der Waals surface area contributed by atoms with Crippen LogP contribution in [0.2, 0.25) is 0 Å². The second kappa shape index (κ2) is 7.65. The third-order valence-electron chi connectivity index (χ3n) is 5.25. The SMILES string of the molecule is CC(=O)Nc1cn[nH]c1C1CCCN(C(=O)c2cnc3onc(C(C)C)c3c2)C1. The molecule has 29 heavy (non-hydrogen) atoms. The summed E-state index contributed by atoms with van der Waals surface area (Å²) in [6.45, 7) is 6.74. The monoisotopic (exact) mass is 396 g/mol. The second-order valence-corrected chi connectivity index (χ2v) is 7.77. The molecule has 0 radical (unpaired) electrons. The molecule has 152 valence electrons. The molecule has 0 saturated carbocycles. The highest BCUT2D eigenvalue weighted by molar-refractivity contribution is 5.97. The maximum Gasteiger partial charge on any atom is 0.257 e. The van der Waals surface area contributed by atoms with Crippen molar-refractivity contribution in [2.75, 3.05) is 18.4 Å². The Morgan fingerprint density at radius 2 is 2.17 bits per heavy atom. The second-order valence-electron chi connectivity index (χ2n) is 7.77. The number of anilines is 1. The van der Waals surface area contributed by atoms with Crippen molar-refractivity contribution in [1.82, 2.24) is 25.2 Å². The van der Waals surface area contributed by atoms with Crippen LogP contribution in [0.15, 0.2) is 23.0 Å². The minimum absolute atomic E-state index is 0.0689. The van der Waals surface area contributed by atoms with Gasteiger partial charge in [0.1, 0.15) is 0 Å². The summed E-state index contributed by atoms with van der Waals surface area (Å²) in [7, 11) is 0. The highest BCUT2D eigenvalue weighted by Gasteiger charge is 2.29. The first kappa shape index (κ1) is 19.1. The number of aromatic amines is 1. The van der Waals surface area contributed by atoms with Crippen LogP contribution in [0.1, 0.15) is 67.2 Å². The van der Waals surface area contributed by atoms with Gasteiger partial charge >= 0.3 is 0 Å². The van der Waals surface area contributed by atoms with E-state index in [2.05, 4.69) is 25.7 Å². The Hall–Kier alpha value is -3.23. The largest absolute Gasteiger partial charge is 0.338 e. The molecule has 9 heteroatoms. The van der Waals surface area contributed by atoms with Gasteiger partial charge in [-0.25, -0.2) is 4.98 Å². The summed E-state index contributed by atoms with van der Waals surface area (Å²) in [5, 5.41) is 14.7. The maximum absolute atomic E-state index is 13.2. The fourth-order valence-electron chi connectivity index (χ4n) is 3.86. The molecular formula is C20H24N6O3. The molecule has 1 aliphatic rings. The zero-order chi connectivity index (χ0) is 20.5. The lowest BCUT2D eigenvalue weighted by Crippen LogP contribution is -2.39. The molecule has 9 nitrogen and oxygen atoms in total. The van der Waals surface area contributed by atoms with Gasteiger partial charge in [-0.15, -0.1) is 0 Å². The average Bonchev–Trinajstić information content (AvgIpc) is 3.33. The number of hydrogen-bond donors (Lipinski definition) is 2. The van der Waals surface area contributed by atoms with Crippen LogP contribution in [0.3, 0.4) is 0 Å². The number of piperidine rings is 1. The third kappa shape index (κ3) is 3.72. The van der Waals surface area contributed by atoms with Crippen LogP contribution in [-0.4, -0.2) is 50.1 Å². The van der Waals surface area contributed by atoms with Gasteiger partial charge in [0, 0.05) is 32.1 Å². The number of likely N-dealkylation sites (tertiary alicyclic amines) is 1. The van der Waals surface area contributed by atoms with E-state index in [1.807, 2.05) is 24.8 Å². The Morgan fingerprint density at radius 3 is 2.93 bits per heavy atom. The topological polar surface area (TPSA) is 117 Å². The van der Waals surface area contributed by atoms with Gasteiger partial charge in [-0.1, -0.05) is 19.0 Å². The Kier molecular flexibility index (Phi) is 5.04. The van der Waals surface area contributed by atoms with E-state index in [1.54, 1.807) is 12.4 Å². The van der Waals surface area contributed by atoms with Gasteiger partial charge in [-0.3, -0.25) is 14.7 Å². The summed E-state index contributed by atoms with van der Waals surface area (Å²) in [5.41, 5.74) is 3.29. The Bertz CT molecular complexity index is 1050. The molecule has 4 heterocycles. The van der Waals surface area contributed by atoms with Crippen LogP contribution in [-0.2, 0) is 4.79 Å². The number of H-pyrrole nitrogens is 1. The number of nitrogens with one attached hydrogen (secondary N) is 2. The van der Waals surface area contributed by atoms with Crippen molar-refractivity contribution in [3.05, 3.63) is 35.4 Å². The molecular weight excluding hydrogens is 372 g/mol. The van der Waals surface area contributed by atoms with Gasteiger partial charge in [0.15, 0.2) is 0 Å². The first-order chi connectivity index (χ1) is 13.9. The van der Waals surface area contributed by atoms with Crippen molar-refractivity contribution >= 4 is 28.6 Å². The van der Waals surface area contributed by atoms with E-state index in [9.17, 15) is 9.59 Å². The molecule has 0 spiro atoms. The molecule has 0 aliphatic carbocycles. The number of pyridine rings is 1. The Balaban J connectivity index is 1.56. The number of hydrogen-bond acceptors (Lipinski definition) is 6. The molecule has 3 aromatic rings. The van der Waals surface area contributed by atoms with Gasteiger partial charge in [0.2, 0.25) is 5.91 Å².